The van der Waals surface area contributed by atoms with Crippen molar-refractivity contribution >= 4 is 13.3 Å². The molecule has 14 heteroatoms. The van der Waals surface area contributed by atoms with Gasteiger partial charge in [0, 0.05) is 12.1 Å². The van der Waals surface area contributed by atoms with Gasteiger partial charge >= 0.3 is 13.3 Å². The molecule has 0 spiro atoms. The van der Waals surface area contributed by atoms with Crippen LogP contribution in [0, 0.1) is 10.1 Å². The van der Waals surface area contributed by atoms with E-state index in [4.69, 9.17) is 24.0 Å². The molecule has 0 radical (unpaired) electrons. The Morgan fingerprint density at radius 1 is 1.06 bits per heavy atom. The first-order chi connectivity index (χ1) is 15.9. The molecular formula is C20H22F2NO10P. The third kappa shape index (κ3) is 6.13. The number of nitrogens with zero attached hydrogens (tertiary/aromatic N) is 1. The van der Waals surface area contributed by atoms with E-state index in [0.29, 0.717) is 5.56 Å². The molecule has 0 bridgehead atoms. The SMILES string of the molecule is O=[N+]([O-])c1ccc(O[C@H]2O[C@H](CC(F)(F)P(=O)(O)O)[C@@H](O)[C@H](O)[C@@H]2OCc2ccccc2)cc1. The molecule has 0 saturated carbocycles. The highest BCUT2D eigenvalue weighted by molar-refractivity contribution is 7.53. The summed E-state index contributed by atoms with van der Waals surface area (Å²) in [6.07, 6.45) is -10.4. The maximum absolute atomic E-state index is 14.0. The van der Waals surface area contributed by atoms with Gasteiger partial charge in [-0.1, -0.05) is 30.3 Å². The van der Waals surface area contributed by atoms with Crippen molar-refractivity contribution in [3.63, 3.8) is 0 Å². The number of ether oxygens (including phenoxy) is 3. The Morgan fingerprint density at radius 3 is 2.24 bits per heavy atom. The summed E-state index contributed by atoms with van der Waals surface area (Å²) in [5.41, 5.74) is -4.12. The summed E-state index contributed by atoms with van der Waals surface area (Å²) in [4.78, 5) is 28.0. The van der Waals surface area contributed by atoms with Crippen molar-refractivity contribution in [2.45, 2.75) is 49.4 Å². The number of rotatable bonds is 9. The van der Waals surface area contributed by atoms with E-state index in [9.17, 15) is 33.7 Å². The summed E-state index contributed by atoms with van der Waals surface area (Å²) in [6, 6.07) is 13.3. The van der Waals surface area contributed by atoms with Crippen LogP contribution >= 0.6 is 7.60 Å². The van der Waals surface area contributed by atoms with Crippen LogP contribution in [0.3, 0.4) is 0 Å². The number of aliphatic hydroxyl groups excluding tert-OH is 2. The minimum Gasteiger partial charge on any atom is -0.462 e. The van der Waals surface area contributed by atoms with Crippen LogP contribution in [0.5, 0.6) is 5.75 Å². The second-order valence-electron chi connectivity index (χ2n) is 7.57. The number of nitro groups is 1. The number of nitro benzene ring substituents is 1. The Kier molecular flexibility index (Phi) is 7.98. The lowest BCUT2D eigenvalue weighted by molar-refractivity contribution is -0.384. The minimum atomic E-state index is -5.89. The standard InChI is InChI=1S/C20H22F2NO10P/c21-20(22,34(28,29)30)10-15-16(24)17(25)18(31-11-12-4-2-1-3-5-12)19(33-15)32-14-8-6-13(7-9-14)23(26)27/h1-9,15-19,24-25H,10-11H2,(H2,28,29,30)/t15-,16-,17+,18+,19+/m1/s1. The smallest absolute Gasteiger partial charge is 0.394 e. The van der Waals surface area contributed by atoms with E-state index >= 15 is 0 Å². The van der Waals surface area contributed by atoms with Gasteiger partial charge in [-0.3, -0.25) is 14.7 Å². The number of non-ortho nitro benzene ring substituents is 1. The van der Waals surface area contributed by atoms with Gasteiger partial charge in [0.2, 0.25) is 6.29 Å². The maximum atomic E-state index is 14.0. The molecule has 0 amide bonds. The highest BCUT2D eigenvalue weighted by Gasteiger charge is 2.55. The minimum absolute atomic E-state index is 0.00648. The van der Waals surface area contributed by atoms with E-state index in [-0.39, 0.29) is 18.0 Å². The van der Waals surface area contributed by atoms with E-state index in [0.717, 1.165) is 12.1 Å². The molecule has 34 heavy (non-hydrogen) atoms. The van der Waals surface area contributed by atoms with Crippen LogP contribution in [-0.2, 0) is 20.6 Å². The monoisotopic (exact) mass is 505 g/mol. The Hall–Kier alpha value is -2.51. The van der Waals surface area contributed by atoms with Crippen LogP contribution in [0.2, 0.25) is 0 Å². The van der Waals surface area contributed by atoms with Crippen LogP contribution in [0.1, 0.15) is 12.0 Å². The Bertz CT molecular complexity index is 1020. The molecule has 2 aromatic carbocycles. The molecule has 1 fully saturated rings. The summed E-state index contributed by atoms with van der Waals surface area (Å²) in [5.74, 6) is -0.00648. The lowest BCUT2D eigenvalue weighted by Gasteiger charge is -2.43. The third-order valence-corrected chi connectivity index (χ3v) is 6.14. The Morgan fingerprint density at radius 2 is 1.68 bits per heavy atom. The molecule has 2 aromatic rings. The number of hydrogen-bond donors (Lipinski definition) is 4. The fraction of sp³-hybridized carbons (Fsp3) is 0.400. The van der Waals surface area contributed by atoms with Crippen LogP contribution in [-0.4, -0.2) is 61.3 Å². The van der Waals surface area contributed by atoms with Gasteiger partial charge in [-0.05, 0) is 17.7 Å². The summed E-state index contributed by atoms with van der Waals surface area (Å²) in [7, 11) is -5.89. The average Bonchev–Trinajstić information content (AvgIpc) is 2.77. The molecule has 5 atom stereocenters. The van der Waals surface area contributed by atoms with Crippen LogP contribution in [0.15, 0.2) is 54.6 Å². The van der Waals surface area contributed by atoms with Gasteiger partial charge in [-0.25, -0.2) is 0 Å². The van der Waals surface area contributed by atoms with E-state index in [1.165, 1.54) is 12.1 Å². The zero-order valence-electron chi connectivity index (χ0n) is 17.4. The highest BCUT2D eigenvalue weighted by Crippen LogP contribution is 2.56. The van der Waals surface area contributed by atoms with Gasteiger partial charge in [0.05, 0.1) is 24.1 Å². The van der Waals surface area contributed by atoms with Gasteiger partial charge in [0.1, 0.15) is 24.1 Å². The van der Waals surface area contributed by atoms with Gasteiger partial charge in [0.15, 0.2) is 0 Å². The van der Waals surface area contributed by atoms with Crippen molar-refractivity contribution in [1.82, 2.24) is 0 Å². The van der Waals surface area contributed by atoms with Crippen molar-refractivity contribution in [2.24, 2.45) is 0 Å². The van der Waals surface area contributed by atoms with Crippen LogP contribution in [0.4, 0.5) is 14.5 Å². The molecule has 3 rings (SSSR count). The number of aliphatic hydroxyl groups is 2. The highest BCUT2D eigenvalue weighted by atomic mass is 31.2. The fourth-order valence-electron chi connectivity index (χ4n) is 3.25. The van der Waals surface area contributed by atoms with Crippen LogP contribution in [0.25, 0.3) is 0 Å². The third-order valence-electron chi connectivity index (χ3n) is 5.10. The quantitative estimate of drug-likeness (QED) is 0.225. The zero-order chi connectivity index (χ0) is 25.1. The second-order valence-corrected chi connectivity index (χ2v) is 9.31. The molecule has 0 unspecified atom stereocenters. The molecule has 0 aliphatic carbocycles. The molecular weight excluding hydrogens is 483 g/mol. The molecule has 1 aliphatic rings. The van der Waals surface area contributed by atoms with Crippen molar-refractivity contribution in [3.05, 3.63) is 70.3 Å². The lowest BCUT2D eigenvalue weighted by atomic mass is 9.96. The maximum Gasteiger partial charge on any atom is 0.394 e. The first-order valence-corrected chi connectivity index (χ1v) is 11.5. The van der Waals surface area contributed by atoms with Crippen LogP contribution < -0.4 is 4.74 Å². The normalized spacial score (nSPS) is 25.6. The van der Waals surface area contributed by atoms with Gasteiger partial charge in [-0.2, -0.15) is 8.78 Å². The topological polar surface area (TPSA) is 169 Å². The summed E-state index contributed by atoms with van der Waals surface area (Å²) in [5, 5.41) is 31.8. The summed E-state index contributed by atoms with van der Waals surface area (Å²) >= 11 is 0. The number of hydrogen-bond acceptors (Lipinski definition) is 8. The van der Waals surface area contributed by atoms with Gasteiger partial charge in [0.25, 0.3) is 5.69 Å². The predicted octanol–water partition coefficient (Wildman–Crippen LogP) is 2.17. The van der Waals surface area contributed by atoms with E-state index in [1.54, 1.807) is 30.3 Å². The molecule has 1 heterocycles. The van der Waals surface area contributed by atoms with Crippen molar-refractivity contribution in [1.29, 1.82) is 0 Å². The molecule has 4 N–H and O–H groups in total. The molecule has 0 aromatic heterocycles. The lowest BCUT2D eigenvalue weighted by Crippen LogP contribution is -2.60. The average molecular weight is 505 g/mol. The van der Waals surface area contributed by atoms with Crippen molar-refractivity contribution in [2.75, 3.05) is 0 Å². The fourth-order valence-corrected chi connectivity index (χ4v) is 3.67. The zero-order valence-corrected chi connectivity index (χ0v) is 18.3. The largest absolute Gasteiger partial charge is 0.462 e. The molecule has 1 aliphatic heterocycles. The predicted molar refractivity (Wildman–Crippen MR) is 111 cm³/mol. The Balaban J connectivity index is 1.84. The van der Waals surface area contributed by atoms with Gasteiger partial charge in [-0.15, -0.1) is 0 Å². The van der Waals surface area contributed by atoms with E-state index in [1.807, 2.05) is 0 Å². The number of benzene rings is 2. The van der Waals surface area contributed by atoms with Gasteiger partial charge < -0.3 is 34.2 Å². The number of halogens is 2. The summed E-state index contributed by atoms with van der Waals surface area (Å²) < 4.78 is 55.7. The van der Waals surface area contributed by atoms with Crippen molar-refractivity contribution < 1.29 is 52.5 Å². The Labute approximate surface area is 191 Å². The molecule has 1 saturated heterocycles. The summed E-state index contributed by atoms with van der Waals surface area (Å²) in [6.45, 7) is -0.0813. The molecule has 186 valence electrons. The van der Waals surface area contributed by atoms with Crippen molar-refractivity contribution in [3.8, 4) is 5.75 Å². The van der Waals surface area contributed by atoms with E-state index < -0.39 is 55.3 Å². The second kappa shape index (κ2) is 10.4. The number of alkyl halides is 2. The molecule has 11 nitrogen and oxygen atoms in total. The van der Waals surface area contributed by atoms with E-state index in [2.05, 4.69) is 0 Å². The first kappa shape index (κ1) is 26.1. The first-order valence-electron chi connectivity index (χ1n) is 9.91.